The van der Waals surface area contributed by atoms with Gasteiger partial charge in [-0.05, 0) is 38.0 Å². The topological polar surface area (TPSA) is 54.2 Å². The van der Waals surface area contributed by atoms with Crippen LogP contribution in [0, 0.1) is 13.8 Å². The molecule has 0 bridgehead atoms. The summed E-state index contributed by atoms with van der Waals surface area (Å²) in [5.41, 5.74) is 5.77. The summed E-state index contributed by atoms with van der Waals surface area (Å²) in [6, 6.07) is 20.7. The van der Waals surface area contributed by atoms with E-state index in [0.717, 1.165) is 36.0 Å². The average Bonchev–Trinajstić information content (AvgIpc) is 3.00. The maximum Gasteiger partial charge on any atom is 0.191 e. The van der Waals surface area contributed by atoms with Gasteiger partial charge in [-0.15, -0.1) is 24.0 Å². The minimum absolute atomic E-state index is 0. The summed E-state index contributed by atoms with van der Waals surface area (Å²) in [6.07, 6.45) is 0.964. The van der Waals surface area contributed by atoms with Crippen LogP contribution in [0.2, 0.25) is 0 Å². The van der Waals surface area contributed by atoms with Gasteiger partial charge in [-0.1, -0.05) is 48.5 Å². The Balaban J connectivity index is 0.00000280. The second-order valence-electron chi connectivity index (χ2n) is 6.48. The summed E-state index contributed by atoms with van der Waals surface area (Å²) >= 11 is 0. The van der Waals surface area contributed by atoms with Crippen molar-refractivity contribution in [1.29, 1.82) is 0 Å². The number of rotatable bonds is 6. The van der Waals surface area contributed by atoms with Crippen LogP contribution in [0.4, 0.5) is 0 Å². The fraction of sp³-hybridized carbons (Fsp3) is 0.273. The van der Waals surface area contributed by atoms with Gasteiger partial charge >= 0.3 is 0 Å². The molecule has 0 fully saturated rings. The summed E-state index contributed by atoms with van der Waals surface area (Å²) in [6.45, 7) is 5.69. The molecule has 6 heteroatoms. The molecule has 0 saturated carbocycles. The predicted octanol–water partition coefficient (Wildman–Crippen LogP) is 4.01. The molecule has 2 N–H and O–H groups in total. The van der Waals surface area contributed by atoms with Crippen LogP contribution in [0.1, 0.15) is 22.5 Å². The Kier molecular flexibility index (Phi) is 8.50. The molecule has 0 saturated heterocycles. The van der Waals surface area contributed by atoms with E-state index in [4.69, 9.17) is 5.10 Å². The first-order chi connectivity index (χ1) is 13.2. The molecule has 0 aliphatic rings. The van der Waals surface area contributed by atoms with Gasteiger partial charge in [-0.3, -0.25) is 4.99 Å². The number of guanidine groups is 1. The molecular weight excluding hydrogens is 461 g/mol. The molecule has 0 unspecified atom stereocenters. The van der Waals surface area contributed by atoms with Crippen molar-refractivity contribution in [3.63, 3.8) is 0 Å². The number of halogens is 1. The minimum Gasteiger partial charge on any atom is -0.356 e. The quantitative estimate of drug-likeness (QED) is 0.313. The number of para-hydroxylation sites is 1. The molecule has 0 atom stereocenters. The Morgan fingerprint density at radius 3 is 2.25 bits per heavy atom. The van der Waals surface area contributed by atoms with Crippen LogP contribution in [0.15, 0.2) is 65.7 Å². The van der Waals surface area contributed by atoms with Crippen molar-refractivity contribution in [1.82, 2.24) is 20.4 Å². The SMILES string of the molecule is CN=C(NCCc1ccccc1)NCc1c(C)nn(-c2ccccc2)c1C.I. The summed E-state index contributed by atoms with van der Waals surface area (Å²) in [5.74, 6) is 0.803. The van der Waals surface area contributed by atoms with Crippen LogP contribution in [0.3, 0.4) is 0 Å². The van der Waals surface area contributed by atoms with Crippen LogP contribution >= 0.6 is 24.0 Å². The molecule has 1 heterocycles. The van der Waals surface area contributed by atoms with Crippen molar-refractivity contribution in [3.05, 3.63) is 83.2 Å². The molecule has 0 aliphatic heterocycles. The fourth-order valence-corrected chi connectivity index (χ4v) is 3.11. The van der Waals surface area contributed by atoms with E-state index in [-0.39, 0.29) is 24.0 Å². The highest BCUT2D eigenvalue weighted by molar-refractivity contribution is 14.0. The van der Waals surface area contributed by atoms with E-state index in [1.807, 2.05) is 28.9 Å². The number of hydrogen-bond donors (Lipinski definition) is 2. The zero-order chi connectivity index (χ0) is 19.1. The van der Waals surface area contributed by atoms with Gasteiger partial charge in [0.2, 0.25) is 0 Å². The highest BCUT2D eigenvalue weighted by Crippen LogP contribution is 2.17. The van der Waals surface area contributed by atoms with Crippen LogP contribution in [-0.4, -0.2) is 29.3 Å². The number of hydrogen-bond acceptors (Lipinski definition) is 2. The first-order valence-corrected chi connectivity index (χ1v) is 9.28. The molecule has 0 radical (unpaired) electrons. The van der Waals surface area contributed by atoms with Crippen molar-refractivity contribution < 1.29 is 0 Å². The molecule has 0 aliphatic carbocycles. The number of aromatic nitrogens is 2. The van der Waals surface area contributed by atoms with Gasteiger partial charge in [0.05, 0.1) is 11.4 Å². The van der Waals surface area contributed by atoms with Gasteiger partial charge < -0.3 is 10.6 Å². The van der Waals surface area contributed by atoms with Gasteiger partial charge in [-0.2, -0.15) is 5.10 Å². The Morgan fingerprint density at radius 1 is 0.964 bits per heavy atom. The standard InChI is InChI=1S/C22H27N5.HI/c1-17-21(18(2)27(26-17)20-12-8-5-9-13-20)16-25-22(23-3)24-15-14-19-10-6-4-7-11-19;/h4-13H,14-16H2,1-3H3,(H2,23,24,25);1H. The molecule has 2 aromatic carbocycles. The second kappa shape index (κ2) is 10.8. The first-order valence-electron chi connectivity index (χ1n) is 9.28. The molecule has 0 amide bonds. The number of nitrogens with one attached hydrogen (secondary N) is 2. The molecule has 0 spiro atoms. The summed E-state index contributed by atoms with van der Waals surface area (Å²) < 4.78 is 2.00. The van der Waals surface area contributed by atoms with E-state index in [1.54, 1.807) is 7.05 Å². The van der Waals surface area contributed by atoms with Gasteiger partial charge in [-0.25, -0.2) is 4.68 Å². The van der Waals surface area contributed by atoms with Crippen molar-refractivity contribution in [3.8, 4) is 5.69 Å². The number of aryl methyl sites for hydroxylation is 1. The third-order valence-electron chi connectivity index (χ3n) is 4.65. The van der Waals surface area contributed by atoms with Crippen molar-refractivity contribution in [2.75, 3.05) is 13.6 Å². The lowest BCUT2D eigenvalue weighted by molar-refractivity contribution is 0.788. The predicted molar refractivity (Wildman–Crippen MR) is 127 cm³/mol. The zero-order valence-corrected chi connectivity index (χ0v) is 19.0. The summed E-state index contributed by atoms with van der Waals surface area (Å²) in [5, 5.41) is 11.5. The maximum atomic E-state index is 4.70. The normalized spacial score (nSPS) is 11.0. The van der Waals surface area contributed by atoms with E-state index in [0.29, 0.717) is 6.54 Å². The molecule has 28 heavy (non-hydrogen) atoms. The molecule has 3 aromatic rings. The van der Waals surface area contributed by atoms with Crippen LogP contribution in [-0.2, 0) is 13.0 Å². The number of aliphatic imine (C=N–C) groups is 1. The second-order valence-corrected chi connectivity index (χ2v) is 6.48. The van der Waals surface area contributed by atoms with E-state index in [2.05, 4.69) is 65.9 Å². The minimum atomic E-state index is 0. The monoisotopic (exact) mass is 489 g/mol. The lowest BCUT2D eigenvalue weighted by Gasteiger charge is -2.12. The first kappa shape index (κ1) is 21.9. The van der Waals surface area contributed by atoms with Gasteiger partial charge in [0.25, 0.3) is 0 Å². The van der Waals surface area contributed by atoms with Gasteiger partial charge in [0, 0.05) is 31.4 Å². The molecule has 1 aromatic heterocycles. The highest BCUT2D eigenvalue weighted by atomic mass is 127. The largest absolute Gasteiger partial charge is 0.356 e. The third kappa shape index (κ3) is 5.58. The van der Waals surface area contributed by atoms with Crippen molar-refractivity contribution >= 4 is 29.9 Å². The lowest BCUT2D eigenvalue weighted by atomic mass is 10.1. The van der Waals surface area contributed by atoms with E-state index < -0.39 is 0 Å². The number of nitrogens with zero attached hydrogens (tertiary/aromatic N) is 3. The van der Waals surface area contributed by atoms with Crippen molar-refractivity contribution in [2.45, 2.75) is 26.8 Å². The van der Waals surface area contributed by atoms with Crippen LogP contribution < -0.4 is 10.6 Å². The Labute approximate surface area is 184 Å². The fourth-order valence-electron chi connectivity index (χ4n) is 3.11. The summed E-state index contributed by atoms with van der Waals surface area (Å²) in [7, 11) is 1.80. The van der Waals surface area contributed by atoms with Crippen LogP contribution in [0.25, 0.3) is 5.69 Å². The Bertz CT molecular complexity index is 888. The number of benzene rings is 2. The van der Waals surface area contributed by atoms with Gasteiger partial charge in [0.1, 0.15) is 0 Å². The smallest absolute Gasteiger partial charge is 0.191 e. The molecule has 5 nitrogen and oxygen atoms in total. The Morgan fingerprint density at radius 2 is 1.61 bits per heavy atom. The average molecular weight is 489 g/mol. The van der Waals surface area contributed by atoms with Gasteiger partial charge in [0.15, 0.2) is 5.96 Å². The zero-order valence-electron chi connectivity index (χ0n) is 16.6. The Hall–Kier alpha value is -2.35. The highest BCUT2D eigenvalue weighted by Gasteiger charge is 2.13. The van der Waals surface area contributed by atoms with E-state index in [1.165, 1.54) is 11.1 Å². The molecular formula is C22H28IN5. The van der Waals surface area contributed by atoms with Crippen molar-refractivity contribution in [2.24, 2.45) is 4.99 Å². The third-order valence-corrected chi connectivity index (χ3v) is 4.65. The van der Waals surface area contributed by atoms with E-state index in [9.17, 15) is 0 Å². The summed E-state index contributed by atoms with van der Waals surface area (Å²) in [4.78, 5) is 4.33. The van der Waals surface area contributed by atoms with E-state index >= 15 is 0 Å². The molecule has 148 valence electrons. The maximum absolute atomic E-state index is 4.70. The van der Waals surface area contributed by atoms with Crippen LogP contribution in [0.5, 0.6) is 0 Å². The lowest BCUT2D eigenvalue weighted by Crippen LogP contribution is -2.38. The molecule has 3 rings (SSSR count).